The zero-order valence-electron chi connectivity index (χ0n) is 9.02. The van der Waals surface area contributed by atoms with Crippen molar-refractivity contribution in [1.29, 1.82) is 5.26 Å². The van der Waals surface area contributed by atoms with Crippen LogP contribution in [0.25, 0.3) is 0 Å². The minimum atomic E-state index is -1.73. The second kappa shape index (κ2) is 5.42. The van der Waals surface area contributed by atoms with Gasteiger partial charge in [0.25, 0.3) is 0 Å². The molecule has 1 rings (SSSR count). The molecular weight excluding hydrogens is 244 g/mol. The van der Waals surface area contributed by atoms with Crippen LogP contribution >= 0.6 is 0 Å². The fourth-order valence-corrected chi connectivity index (χ4v) is 1.38. The van der Waals surface area contributed by atoms with Crippen molar-refractivity contribution in [2.45, 2.75) is 12.2 Å². The second-order valence-corrected chi connectivity index (χ2v) is 3.50. The van der Waals surface area contributed by atoms with Gasteiger partial charge in [-0.25, -0.2) is 0 Å². The molecule has 18 heavy (non-hydrogen) atoms. The van der Waals surface area contributed by atoms with Gasteiger partial charge in [0.2, 0.25) is 0 Å². The maximum absolute atomic E-state index is 10.6. The molecule has 1 aromatic carbocycles. The van der Waals surface area contributed by atoms with Gasteiger partial charge < -0.3 is 20.4 Å². The molecule has 8 heteroatoms. The lowest BCUT2D eigenvalue weighted by molar-refractivity contribution is -0.386. The van der Waals surface area contributed by atoms with Crippen LogP contribution in [0.1, 0.15) is 17.2 Å². The van der Waals surface area contributed by atoms with Crippen molar-refractivity contribution in [3.63, 3.8) is 0 Å². The van der Waals surface area contributed by atoms with Gasteiger partial charge in [-0.2, -0.15) is 5.26 Å². The van der Waals surface area contributed by atoms with Gasteiger partial charge in [0, 0.05) is 11.6 Å². The molecule has 0 bridgehead atoms. The summed E-state index contributed by atoms with van der Waals surface area (Å²) in [7, 11) is 0. The number of nitro groups is 1. The van der Waals surface area contributed by atoms with Gasteiger partial charge in [0.1, 0.15) is 12.2 Å². The van der Waals surface area contributed by atoms with Gasteiger partial charge in [-0.15, -0.1) is 0 Å². The summed E-state index contributed by atoms with van der Waals surface area (Å²) in [6.07, 6.45) is -3.36. The summed E-state index contributed by atoms with van der Waals surface area (Å²) in [4.78, 5) is 9.73. The van der Waals surface area contributed by atoms with Crippen LogP contribution < -0.4 is 0 Å². The van der Waals surface area contributed by atoms with Crippen LogP contribution in [0.4, 0.5) is 5.69 Å². The van der Waals surface area contributed by atoms with Gasteiger partial charge in [-0.1, -0.05) is 0 Å². The van der Waals surface area contributed by atoms with Crippen molar-refractivity contribution in [2.24, 2.45) is 0 Å². The van der Waals surface area contributed by atoms with E-state index < -0.39 is 35.2 Å². The van der Waals surface area contributed by atoms with Crippen molar-refractivity contribution < 1.29 is 25.3 Å². The molecule has 2 unspecified atom stereocenters. The Labute approximate surface area is 101 Å². The van der Waals surface area contributed by atoms with Crippen molar-refractivity contribution in [3.8, 4) is 11.8 Å². The molecule has 1 aromatic rings. The van der Waals surface area contributed by atoms with E-state index in [9.17, 15) is 25.4 Å². The first kappa shape index (κ1) is 13.9. The summed E-state index contributed by atoms with van der Waals surface area (Å²) >= 11 is 0. The topological polar surface area (TPSA) is 148 Å². The summed E-state index contributed by atoms with van der Waals surface area (Å²) in [6.45, 7) is -0.800. The summed E-state index contributed by atoms with van der Waals surface area (Å²) in [5.74, 6) is -0.848. The van der Waals surface area contributed by atoms with E-state index in [0.717, 1.165) is 12.1 Å². The summed E-state index contributed by atoms with van der Waals surface area (Å²) in [5, 5.41) is 56.4. The number of nitro benzene ring substituents is 1. The number of nitriles is 1. The van der Waals surface area contributed by atoms with Crippen LogP contribution in [0.5, 0.6) is 5.75 Å². The number of phenolic OH excluding ortho intramolecular Hbond substituents is 1. The predicted octanol–water partition coefficient (Wildman–Crippen LogP) is -0.441. The third kappa shape index (κ3) is 2.54. The minimum Gasteiger partial charge on any atom is -0.502 e. The molecule has 0 aliphatic carbocycles. The van der Waals surface area contributed by atoms with E-state index in [1.165, 1.54) is 0 Å². The van der Waals surface area contributed by atoms with Gasteiger partial charge in [0.15, 0.2) is 5.75 Å². The molecule has 4 N–H and O–H groups in total. The number of hydrogen-bond donors (Lipinski definition) is 4. The average Bonchev–Trinajstić information content (AvgIpc) is 2.36. The Balaban J connectivity index is 3.40. The molecular formula is C10H10N2O6. The highest BCUT2D eigenvalue weighted by Crippen LogP contribution is 2.35. The highest BCUT2D eigenvalue weighted by atomic mass is 16.6. The lowest BCUT2D eigenvalue weighted by Gasteiger charge is -2.17. The lowest BCUT2D eigenvalue weighted by atomic mass is 10.00. The Morgan fingerprint density at radius 2 is 2.06 bits per heavy atom. The molecule has 0 aliphatic rings. The minimum absolute atomic E-state index is 0.154. The highest BCUT2D eigenvalue weighted by molar-refractivity contribution is 5.56. The van der Waals surface area contributed by atoms with Crippen LogP contribution in [0.15, 0.2) is 12.1 Å². The molecule has 8 nitrogen and oxygen atoms in total. The summed E-state index contributed by atoms with van der Waals surface area (Å²) in [6, 6.07) is 3.48. The number of aromatic hydroxyl groups is 1. The third-order valence-corrected chi connectivity index (χ3v) is 2.32. The molecule has 0 radical (unpaired) electrons. The Hall–Kier alpha value is -2.21. The van der Waals surface area contributed by atoms with Crippen LogP contribution in [-0.4, -0.2) is 38.1 Å². The fourth-order valence-electron chi connectivity index (χ4n) is 1.38. The van der Waals surface area contributed by atoms with Gasteiger partial charge in [-0.05, 0) is 6.07 Å². The van der Waals surface area contributed by atoms with Crippen LogP contribution in [0.3, 0.4) is 0 Å². The standard InChI is InChI=1S/C10H10N2O6/c11-3-5-1-6(10(16)8(14)4-13)9(15)7(2-5)12(17)18/h1-2,8,10,13-16H,4H2. The molecule has 0 spiro atoms. The zero-order valence-corrected chi connectivity index (χ0v) is 9.02. The average molecular weight is 254 g/mol. The van der Waals surface area contributed by atoms with E-state index in [1.54, 1.807) is 6.07 Å². The largest absolute Gasteiger partial charge is 0.502 e. The molecule has 0 aliphatic heterocycles. The van der Waals surface area contributed by atoms with Crippen molar-refractivity contribution >= 4 is 5.69 Å². The fraction of sp³-hybridized carbons (Fsp3) is 0.300. The molecule has 0 heterocycles. The lowest BCUT2D eigenvalue weighted by Crippen LogP contribution is -2.22. The monoisotopic (exact) mass is 254 g/mol. The number of aliphatic hydroxyl groups is 3. The Bertz CT molecular complexity index is 510. The van der Waals surface area contributed by atoms with Crippen molar-refractivity contribution in [3.05, 3.63) is 33.4 Å². The Morgan fingerprint density at radius 1 is 1.44 bits per heavy atom. The first-order valence-corrected chi connectivity index (χ1v) is 4.80. The van der Waals surface area contributed by atoms with Crippen LogP contribution in [0.2, 0.25) is 0 Å². The van der Waals surface area contributed by atoms with E-state index in [1.807, 2.05) is 0 Å². The first-order chi connectivity index (χ1) is 8.42. The molecule has 0 saturated heterocycles. The van der Waals surface area contributed by atoms with Gasteiger partial charge in [0.05, 0.1) is 23.2 Å². The van der Waals surface area contributed by atoms with Crippen LogP contribution in [-0.2, 0) is 0 Å². The van der Waals surface area contributed by atoms with E-state index in [-0.39, 0.29) is 11.1 Å². The molecule has 0 saturated carbocycles. The number of rotatable bonds is 4. The Morgan fingerprint density at radius 3 is 2.50 bits per heavy atom. The number of benzene rings is 1. The molecule has 96 valence electrons. The smallest absolute Gasteiger partial charge is 0.312 e. The SMILES string of the molecule is N#Cc1cc(C(O)C(O)CO)c(O)c([N+](=O)[O-])c1. The normalized spacial score (nSPS) is 13.7. The van der Waals surface area contributed by atoms with E-state index >= 15 is 0 Å². The van der Waals surface area contributed by atoms with Gasteiger partial charge >= 0.3 is 5.69 Å². The second-order valence-electron chi connectivity index (χ2n) is 3.50. The van der Waals surface area contributed by atoms with E-state index in [4.69, 9.17) is 10.4 Å². The number of hydrogen-bond acceptors (Lipinski definition) is 7. The highest BCUT2D eigenvalue weighted by Gasteiger charge is 2.27. The first-order valence-electron chi connectivity index (χ1n) is 4.80. The van der Waals surface area contributed by atoms with Gasteiger partial charge in [-0.3, -0.25) is 10.1 Å². The maximum atomic E-state index is 10.6. The quantitative estimate of drug-likeness (QED) is 0.420. The molecule has 0 fully saturated rings. The van der Waals surface area contributed by atoms with Crippen molar-refractivity contribution in [1.82, 2.24) is 0 Å². The Kier molecular flexibility index (Phi) is 4.17. The van der Waals surface area contributed by atoms with Crippen LogP contribution in [0, 0.1) is 21.4 Å². The van der Waals surface area contributed by atoms with E-state index in [0.29, 0.717) is 0 Å². The summed E-state index contributed by atoms with van der Waals surface area (Å²) in [5.41, 5.74) is -1.30. The number of aliphatic hydroxyl groups excluding tert-OH is 3. The maximum Gasteiger partial charge on any atom is 0.312 e. The molecule has 0 amide bonds. The number of nitrogens with zero attached hydrogens (tertiary/aromatic N) is 2. The number of phenols is 1. The molecule has 2 atom stereocenters. The molecule has 0 aromatic heterocycles. The summed E-state index contributed by atoms with van der Waals surface area (Å²) < 4.78 is 0. The van der Waals surface area contributed by atoms with E-state index in [2.05, 4.69) is 0 Å². The van der Waals surface area contributed by atoms with Crippen molar-refractivity contribution in [2.75, 3.05) is 6.61 Å². The predicted molar refractivity (Wildman–Crippen MR) is 57.5 cm³/mol. The third-order valence-electron chi connectivity index (χ3n) is 2.32. The zero-order chi connectivity index (χ0) is 13.9.